The number of amides is 1. The second-order valence-electron chi connectivity index (χ2n) is 11.6. The Hall–Kier alpha value is -4.52. The molecule has 0 bridgehead atoms. The molecule has 1 aromatic heterocycles. The van der Waals surface area contributed by atoms with Gasteiger partial charge in [-0.3, -0.25) is 9.59 Å². The van der Waals surface area contributed by atoms with Crippen LogP contribution in [0.15, 0.2) is 100 Å². The Morgan fingerprint density at radius 2 is 1.70 bits per heavy atom. The van der Waals surface area contributed by atoms with Gasteiger partial charge in [0.05, 0.1) is 48.7 Å². The quantitative estimate of drug-likeness (QED) is 0.0940. The molecule has 0 saturated carbocycles. The van der Waals surface area contributed by atoms with Crippen molar-refractivity contribution in [3.05, 3.63) is 135 Å². The molecule has 0 spiro atoms. The molecule has 0 aliphatic carbocycles. The van der Waals surface area contributed by atoms with Gasteiger partial charge < -0.3 is 19.1 Å². The van der Waals surface area contributed by atoms with Gasteiger partial charge in [0.1, 0.15) is 6.50 Å². The standard InChI is InChI=1S/C41H40F5N3O3S/c1-27-22-30(14-15-34(27)41(44,45)46)29-12-10-28(11-13-29)24-48(32-16-18-47(19-17-32)20-21-52-2)38(51)25-49-36-9-4-3-7-33(36)37(50)23-39(49)53-26-31-6-5-8-35(42)40(31)43/h3-15,22-23,32H,16-21,24-26H2,1-2H3/i3D,4D,5D,6D,7D,8D,9D,10D,11D,12D,13D,14D,15D,21D2,22D,23D,25D2. The molecule has 1 amide bonds. The first kappa shape index (κ1) is 20.8. The largest absolute Gasteiger partial charge is 0.416 e. The van der Waals surface area contributed by atoms with Gasteiger partial charge in [0.25, 0.3) is 0 Å². The van der Waals surface area contributed by atoms with Gasteiger partial charge >= 0.3 is 6.18 Å². The van der Waals surface area contributed by atoms with E-state index >= 15 is 9.18 Å². The van der Waals surface area contributed by atoms with Crippen molar-refractivity contribution in [3.63, 3.8) is 0 Å². The first-order valence-electron chi connectivity index (χ1n) is 25.3. The van der Waals surface area contributed by atoms with E-state index in [9.17, 15) is 25.1 Å². The van der Waals surface area contributed by atoms with E-state index in [1.165, 1.54) is 0 Å². The van der Waals surface area contributed by atoms with E-state index in [0.29, 0.717) is 0 Å². The summed E-state index contributed by atoms with van der Waals surface area (Å²) in [6.45, 7) is -6.54. The third kappa shape index (κ3) is 9.00. The van der Waals surface area contributed by atoms with Gasteiger partial charge in [-0.25, -0.2) is 8.78 Å². The molecular weight excluding hydrogens is 710 g/mol. The zero-order valence-corrected chi connectivity index (χ0v) is 28.7. The Bertz CT molecular complexity index is 3070. The fourth-order valence-corrected chi connectivity index (χ4v) is 6.41. The first-order chi connectivity index (χ1) is 33.2. The second-order valence-corrected chi connectivity index (χ2v) is 12.6. The van der Waals surface area contributed by atoms with Crippen molar-refractivity contribution in [1.82, 2.24) is 14.4 Å². The molecular formula is C41H40F5N3O3S. The molecule has 0 N–H and O–H groups in total. The number of nitrogens with zero attached hydrogens (tertiary/aromatic N) is 3. The molecule has 1 aliphatic heterocycles. The number of fused-ring (bicyclic) bond motifs is 1. The Labute approximate surface area is 335 Å². The summed E-state index contributed by atoms with van der Waals surface area (Å²) in [5.41, 5.74) is -8.28. The van der Waals surface area contributed by atoms with Gasteiger partial charge in [-0.1, -0.05) is 60.4 Å². The molecule has 6 nitrogen and oxygen atoms in total. The number of methoxy groups -OCH3 is 1. The molecule has 1 saturated heterocycles. The number of pyridine rings is 1. The lowest BCUT2D eigenvalue weighted by molar-refractivity contribution is -0.138. The minimum absolute atomic E-state index is 0.0332. The van der Waals surface area contributed by atoms with Gasteiger partial charge in [-0.15, -0.1) is 11.8 Å². The van der Waals surface area contributed by atoms with Crippen LogP contribution in [0, 0.1) is 18.6 Å². The zero-order chi connectivity index (χ0) is 54.3. The molecule has 5 aromatic rings. The molecule has 4 aromatic carbocycles. The number of aromatic nitrogens is 1. The average molecular weight is 769 g/mol. The number of para-hydroxylation sites is 1. The molecule has 0 unspecified atom stereocenters. The number of alkyl halides is 3. The van der Waals surface area contributed by atoms with Gasteiger partial charge in [0, 0.05) is 62.1 Å². The summed E-state index contributed by atoms with van der Waals surface area (Å²) in [6, 6.07) is -17.9. The van der Waals surface area contributed by atoms with Crippen molar-refractivity contribution in [1.29, 1.82) is 0 Å². The van der Waals surface area contributed by atoms with Crippen LogP contribution in [0.5, 0.6) is 0 Å². The van der Waals surface area contributed by atoms with Crippen LogP contribution < -0.4 is 5.43 Å². The van der Waals surface area contributed by atoms with E-state index in [-0.39, 0.29) is 48.8 Å². The fraction of sp³-hybridized carbons (Fsp3) is 0.317. The third-order valence-corrected chi connectivity index (χ3v) is 9.17. The second kappa shape index (κ2) is 16.7. The van der Waals surface area contributed by atoms with Crippen LogP contribution in [0.3, 0.4) is 0 Å². The number of likely N-dealkylation sites (tertiary alicyclic amines) is 1. The van der Waals surface area contributed by atoms with Crippen LogP contribution >= 0.6 is 11.8 Å². The van der Waals surface area contributed by atoms with Gasteiger partial charge in [-0.05, 0) is 66.2 Å². The Kier molecular flexibility index (Phi) is 6.54. The lowest BCUT2D eigenvalue weighted by Gasteiger charge is -2.39. The molecule has 0 atom stereocenters. The topological polar surface area (TPSA) is 54.8 Å². The number of benzene rings is 4. The lowest BCUT2D eigenvalue weighted by atomic mass is 9.98. The van der Waals surface area contributed by atoms with Crippen LogP contribution in [0.4, 0.5) is 22.0 Å². The summed E-state index contributed by atoms with van der Waals surface area (Å²) in [5, 5.41) is -1.96. The van der Waals surface area contributed by atoms with Crippen molar-refractivity contribution in [2.75, 3.05) is 33.3 Å². The maximum absolute atomic E-state index is 15.4. The normalized spacial score (nSPS) is 19.8. The molecule has 278 valence electrons. The molecule has 12 heteroatoms. The van der Waals surface area contributed by atoms with Gasteiger partial charge in [0.15, 0.2) is 17.1 Å². The van der Waals surface area contributed by atoms with E-state index in [2.05, 4.69) is 0 Å². The highest BCUT2D eigenvalue weighted by atomic mass is 32.2. The van der Waals surface area contributed by atoms with Crippen molar-refractivity contribution in [2.45, 2.75) is 55.8 Å². The number of hydrogen-bond acceptors (Lipinski definition) is 5. The minimum Gasteiger partial charge on any atom is -0.383 e. The Morgan fingerprint density at radius 3 is 2.42 bits per heavy atom. The molecule has 1 aliphatic rings. The van der Waals surface area contributed by atoms with E-state index in [1.807, 2.05) is 0 Å². The predicted octanol–water partition coefficient (Wildman–Crippen LogP) is 8.71. The van der Waals surface area contributed by atoms with E-state index < -0.39 is 200 Å². The summed E-state index contributed by atoms with van der Waals surface area (Å²) < 4.78 is 240. The Balaban J connectivity index is 1.60. The number of ether oxygens (including phenoxy) is 1. The van der Waals surface area contributed by atoms with Gasteiger partial charge in [-0.2, -0.15) is 13.2 Å². The summed E-state index contributed by atoms with van der Waals surface area (Å²) in [6.07, 6.45) is -5.49. The smallest absolute Gasteiger partial charge is 0.383 e. The number of rotatable bonds is 12. The summed E-state index contributed by atoms with van der Waals surface area (Å²) in [4.78, 5) is 31.6. The van der Waals surface area contributed by atoms with Crippen molar-refractivity contribution in [2.24, 2.45) is 0 Å². The zero-order valence-electron chi connectivity index (χ0n) is 46.9. The van der Waals surface area contributed by atoms with Crippen LogP contribution in [-0.4, -0.2) is 59.6 Å². The van der Waals surface area contributed by atoms with Crippen molar-refractivity contribution < 1.29 is 57.5 Å². The van der Waals surface area contributed by atoms with Crippen LogP contribution in [0.2, 0.25) is 0 Å². The third-order valence-electron chi connectivity index (χ3n) is 8.18. The molecule has 2 heterocycles. The maximum Gasteiger partial charge on any atom is 0.416 e. The van der Waals surface area contributed by atoms with E-state index in [4.69, 9.17) is 28.0 Å². The first-order valence-corrected chi connectivity index (χ1v) is 16.7. The maximum atomic E-state index is 15.4. The number of halogens is 5. The van der Waals surface area contributed by atoms with E-state index in [1.54, 1.807) is 4.90 Å². The molecule has 53 heavy (non-hydrogen) atoms. The average Bonchev–Trinajstić information content (AvgIpc) is 3.31. The highest BCUT2D eigenvalue weighted by molar-refractivity contribution is 7.98. The number of carbonyl (C=O) groups is 1. The van der Waals surface area contributed by atoms with Crippen molar-refractivity contribution in [3.8, 4) is 11.1 Å². The number of piperidine rings is 1. The summed E-state index contributed by atoms with van der Waals surface area (Å²) >= 11 is 0.121. The predicted molar refractivity (Wildman–Crippen MR) is 198 cm³/mol. The van der Waals surface area contributed by atoms with Crippen LogP contribution in [0.25, 0.3) is 22.0 Å². The molecule has 6 rings (SSSR count). The molecule has 1 fully saturated rings. The monoisotopic (exact) mass is 768 g/mol. The van der Waals surface area contributed by atoms with Crippen molar-refractivity contribution >= 4 is 28.6 Å². The van der Waals surface area contributed by atoms with Gasteiger partial charge in [0.2, 0.25) is 5.91 Å². The number of carbonyl (C=O) groups excluding carboxylic acids is 1. The number of thioether (sulfide) groups is 1. The summed E-state index contributed by atoms with van der Waals surface area (Å²) in [5.74, 6) is -6.36. The SMILES string of the molecule is [2H]c1c([2H])c(F)c(F)c(CSc2c([2H])c(=O)c3c([2H])c([2H])c([2H])c([2H])c3n2C([2H])([2H])C(=O)N(Cc2c([2H])c([2H])c(-c3c([2H])c([2H])c(C(F)(F)F)c(C)c3[2H])c([2H])c2[2H])C2CCN(CC([2H])([2H])OC)CC2)c1[2H]. The minimum atomic E-state index is -5.21. The summed E-state index contributed by atoms with van der Waals surface area (Å²) in [7, 11) is 1.12. The van der Waals surface area contributed by atoms with E-state index in [0.717, 1.165) is 18.9 Å². The Morgan fingerprint density at radius 1 is 0.981 bits per heavy atom. The fourth-order valence-electron chi connectivity index (χ4n) is 5.50. The van der Waals surface area contributed by atoms with Crippen LogP contribution in [0.1, 0.15) is 61.1 Å². The number of hydrogen-bond donors (Lipinski definition) is 0. The molecule has 0 radical (unpaired) electrons. The lowest BCUT2D eigenvalue weighted by Crippen LogP contribution is -2.48. The highest BCUT2D eigenvalue weighted by Gasteiger charge is 2.32. The van der Waals surface area contributed by atoms with Crippen LogP contribution in [-0.2, 0) is 34.5 Å². The highest BCUT2D eigenvalue weighted by Crippen LogP contribution is 2.34.